The Balaban J connectivity index is 1.74. The maximum Gasteiger partial charge on any atom is 0.223 e. The lowest BCUT2D eigenvalue weighted by Gasteiger charge is -2.23. The van der Waals surface area contributed by atoms with Gasteiger partial charge in [-0.1, -0.05) is 0 Å². The number of hydrogen-bond donors (Lipinski definition) is 3. The van der Waals surface area contributed by atoms with Crippen LogP contribution in [0.4, 0.5) is 10.3 Å². The quantitative estimate of drug-likeness (QED) is 0.684. The fraction of sp³-hybridized carbons (Fsp3) is 0.278. The number of nitrogens with zero attached hydrogens (tertiary/aromatic N) is 3. The van der Waals surface area contributed by atoms with Crippen LogP contribution in [-0.2, 0) is 0 Å². The number of benzene rings is 1. The molecule has 0 amide bonds. The molecule has 1 aliphatic rings. The maximum atomic E-state index is 13.4. The van der Waals surface area contributed by atoms with E-state index in [2.05, 4.69) is 31.7 Å². The van der Waals surface area contributed by atoms with E-state index >= 15 is 0 Å². The third-order valence-corrected chi connectivity index (χ3v) is 4.48. The van der Waals surface area contributed by atoms with Gasteiger partial charge in [0, 0.05) is 28.7 Å². The Bertz CT molecular complexity index is 952. The van der Waals surface area contributed by atoms with Gasteiger partial charge < -0.3 is 15.6 Å². The summed E-state index contributed by atoms with van der Waals surface area (Å²) in [6, 6.07) is 6.99. The largest absolute Gasteiger partial charge is 0.360 e. The van der Waals surface area contributed by atoms with Crippen molar-refractivity contribution in [1.82, 2.24) is 20.3 Å². The number of nitriles is 1. The second-order valence-corrected chi connectivity index (χ2v) is 6.13. The number of fused-ring (bicyclic) bond motifs is 1. The molecule has 1 saturated heterocycles. The van der Waals surface area contributed by atoms with Crippen LogP contribution in [-0.4, -0.2) is 34.1 Å². The molecule has 4 rings (SSSR count). The topological polar surface area (TPSA) is 89.4 Å². The first kappa shape index (κ1) is 15.5. The molecule has 126 valence electrons. The number of H-pyrrole nitrogens is 1. The number of piperidine rings is 1. The van der Waals surface area contributed by atoms with Crippen LogP contribution >= 0.6 is 0 Å². The molecule has 0 aliphatic carbocycles. The average molecular weight is 336 g/mol. The highest BCUT2D eigenvalue weighted by atomic mass is 19.1. The summed E-state index contributed by atoms with van der Waals surface area (Å²) in [5, 5.41) is 16.9. The zero-order valence-corrected chi connectivity index (χ0v) is 13.5. The first-order chi connectivity index (χ1) is 12.2. The van der Waals surface area contributed by atoms with Gasteiger partial charge in [0.1, 0.15) is 11.9 Å². The van der Waals surface area contributed by atoms with E-state index in [9.17, 15) is 9.65 Å². The molecule has 3 heterocycles. The van der Waals surface area contributed by atoms with Crippen LogP contribution < -0.4 is 10.6 Å². The molecular weight excluding hydrogens is 319 g/mol. The van der Waals surface area contributed by atoms with Crippen LogP contribution in [0.3, 0.4) is 0 Å². The summed E-state index contributed by atoms with van der Waals surface area (Å²) in [6.45, 7) is 1.93. The zero-order chi connectivity index (χ0) is 17.2. The van der Waals surface area contributed by atoms with Crippen LogP contribution in [0.15, 0.2) is 30.6 Å². The van der Waals surface area contributed by atoms with Gasteiger partial charge in [-0.25, -0.2) is 14.4 Å². The predicted molar refractivity (Wildman–Crippen MR) is 93.5 cm³/mol. The molecule has 1 aromatic carbocycles. The molecule has 3 N–H and O–H groups in total. The minimum atomic E-state index is -0.308. The Morgan fingerprint density at radius 2 is 2.12 bits per heavy atom. The molecule has 0 saturated carbocycles. The smallest absolute Gasteiger partial charge is 0.223 e. The van der Waals surface area contributed by atoms with Gasteiger partial charge in [0.15, 0.2) is 0 Å². The number of anilines is 1. The van der Waals surface area contributed by atoms with Gasteiger partial charge in [-0.3, -0.25) is 0 Å². The lowest BCUT2D eigenvalue weighted by atomic mass is 10.1. The Morgan fingerprint density at radius 3 is 2.92 bits per heavy atom. The van der Waals surface area contributed by atoms with E-state index in [1.807, 2.05) is 0 Å². The van der Waals surface area contributed by atoms with E-state index in [0.717, 1.165) is 36.9 Å². The van der Waals surface area contributed by atoms with Gasteiger partial charge >= 0.3 is 0 Å². The Kier molecular flexibility index (Phi) is 4.04. The predicted octanol–water partition coefficient (Wildman–Crippen LogP) is 2.80. The highest BCUT2D eigenvalue weighted by molar-refractivity contribution is 5.95. The van der Waals surface area contributed by atoms with E-state index < -0.39 is 0 Å². The van der Waals surface area contributed by atoms with Crippen LogP contribution in [0.25, 0.3) is 22.2 Å². The van der Waals surface area contributed by atoms with Crippen molar-refractivity contribution >= 4 is 16.9 Å². The normalized spacial score (nSPS) is 15.2. The van der Waals surface area contributed by atoms with Crippen LogP contribution in [0.1, 0.15) is 18.4 Å². The molecule has 1 aliphatic heterocycles. The first-order valence-electron chi connectivity index (χ1n) is 8.26. The van der Waals surface area contributed by atoms with Crippen molar-refractivity contribution in [2.75, 3.05) is 18.4 Å². The number of rotatable bonds is 3. The summed E-state index contributed by atoms with van der Waals surface area (Å²) in [5.41, 5.74) is 2.38. The second-order valence-electron chi connectivity index (χ2n) is 6.13. The Labute approximate surface area is 144 Å². The fourth-order valence-corrected chi connectivity index (χ4v) is 3.18. The van der Waals surface area contributed by atoms with Gasteiger partial charge in [0.25, 0.3) is 0 Å². The maximum absolute atomic E-state index is 13.4. The molecule has 7 heteroatoms. The number of aromatic amines is 1. The molecule has 0 unspecified atom stereocenters. The van der Waals surface area contributed by atoms with E-state index in [4.69, 9.17) is 0 Å². The summed E-state index contributed by atoms with van der Waals surface area (Å²) < 4.78 is 13.4. The van der Waals surface area contributed by atoms with Gasteiger partial charge in [-0.05, 0) is 44.1 Å². The standard InChI is InChI=1S/C18H17FN6/c19-12-1-2-14-15(10-22-16(14)7-12)17-11(8-20)9-23-18(25-17)24-13-3-5-21-6-4-13/h1-2,7,9-10,13,21-22H,3-6H2,(H,23,24,25). The van der Waals surface area contributed by atoms with Gasteiger partial charge in [-0.2, -0.15) is 5.26 Å². The molecule has 6 nitrogen and oxygen atoms in total. The SMILES string of the molecule is N#Cc1cnc(NC2CCNCC2)nc1-c1c[nH]c2cc(F)ccc12. The summed E-state index contributed by atoms with van der Waals surface area (Å²) in [6.07, 6.45) is 5.30. The summed E-state index contributed by atoms with van der Waals surface area (Å²) in [4.78, 5) is 11.9. The minimum Gasteiger partial charge on any atom is -0.360 e. The van der Waals surface area contributed by atoms with Crippen molar-refractivity contribution in [1.29, 1.82) is 5.26 Å². The third kappa shape index (κ3) is 3.04. The average Bonchev–Trinajstić information content (AvgIpc) is 3.05. The van der Waals surface area contributed by atoms with Crippen LogP contribution in [0.2, 0.25) is 0 Å². The molecular formula is C18H17FN6. The summed E-state index contributed by atoms with van der Waals surface area (Å²) in [7, 11) is 0. The van der Waals surface area contributed by atoms with E-state index in [1.165, 1.54) is 18.3 Å². The number of halogens is 1. The number of nitrogens with one attached hydrogen (secondary N) is 3. The van der Waals surface area contributed by atoms with E-state index in [0.29, 0.717) is 28.8 Å². The highest BCUT2D eigenvalue weighted by Crippen LogP contribution is 2.30. The molecule has 0 spiro atoms. The molecule has 25 heavy (non-hydrogen) atoms. The van der Waals surface area contributed by atoms with Crippen LogP contribution in [0.5, 0.6) is 0 Å². The fourth-order valence-electron chi connectivity index (χ4n) is 3.18. The minimum absolute atomic E-state index is 0.308. The molecule has 0 bridgehead atoms. The summed E-state index contributed by atoms with van der Waals surface area (Å²) >= 11 is 0. The first-order valence-corrected chi connectivity index (χ1v) is 8.26. The highest BCUT2D eigenvalue weighted by Gasteiger charge is 2.17. The van der Waals surface area contributed by atoms with Crippen molar-refractivity contribution in [2.45, 2.75) is 18.9 Å². The Morgan fingerprint density at radius 1 is 1.28 bits per heavy atom. The number of hydrogen-bond acceptors (Lipinski definition) is 5. The van der Waals surface area contributed by atoms with E-state index in [-0.39, 0.29) is 5.82 Å². The van der Waals surface area contributed by atoms with Crippen molar-refractivity contribution < 1.29 is 4.39 Å². The molecule has 1 fully saturated rings. The Hall–Kier alpha value is -2.98. The van der Waals surface area contributed by atoms with Crippen molar-refractivity contribution in [3.05, 3.63) is 42.0 Å². The van der Waals surface area contributed by atoms with E-state index in [1.54, 1.807) is 12.3 Å². The van der Waals surface area contributed by atoms with Gasteiger partial charge in [0.05, 0.1) is 17.5 Å². The van der Waals surface area contributed by atoms with Crippen molar-refractivity contribution in [2.24, 2.45) is 0 Å². The molecule has 2 aromatic heterocycles. The third-order valence-electron chi connectivity index (χ3n) is 4.48. The lowest BCUT2D eigenvalue weighted by molar-refractivity contribution is 0.477. The molecule has 0 atom stereocenters. The van der Waals surface area contributed by atoms with Crippen molar-refractivity contribution in [3.8, 4) is 17.3 Å². The van der Waals surface area contributed by atoms with Crippen LogP contribution in [0, 0.1) is 17.1 Å². The molecule has 3 aromatic rings. The monoisotopic (exact) mass is 336 g/mol. The second kappa shape index (κ2) is 6.49. The summed E-state index contributed by atoms with van der Waals surface area (Å²) in [5.74, 6) is 0.203. The van der Waals surface area contributed by atoms with Gasteiger partial charge in [0.2, 0.25) is 5.95 Å². The zero-order valence-electron chi connectivity index (χ0n) is 13.5. The molecule has 0 radical (unpaired) electrons. The van der Waals surface area contributed by atoms with Gasteiger partial charge in [-0.15, -0.1) is 0 Å². The lowest BCUT2D eigenvalue weighted by Crippen LogP contribution is -2.35. The van der Waals surface area contributed by atoms with Crippen molar-refractivity contribution in [3.63, 3.8) is 0 Å². The number of aromatic nitrogens is 3.